The van der Waals surface area contributed by atoms with Crippen molar-refractivity contribution in [1.29, 1.82) is 10.5 Å². The summed E-state index contributed by atoms with van der Waals surface area (Å²) in [5.74, 6) is -2.53. The Bertz CT molecular complexity index is 1080. The third-order valence-electron chi connectivity index (χ3n) is 3.60. The van der Waals surface area contributed by atoms with Crippen LogP contribution in [-0.4, -0.2) is 24.2 Å². The van der Waals surface area contributed by atoms with Crippen LogP contribution in [0.3, 0.4) is 0 Å². The third kappa shape index (κ3) is 5.96. The van der Waals surface area contributed by atoms with Gasteiger partial charge in [-0.05, 0) is 24.3 Å². The van der Waals surface area contributed by atoms with Crippen LogP contribution < -0.4 is 0 Å². The van der Waals surface area contributed by atoms with Gasteiger partial charge >= 0.3 is 24.3 Å². The van der Waals surface area contributed by atoms with Gasteiger partial charge in [-0.3, -0.25) is 0 Å². The van der Waals surface area contributed by atoms with Crippen LogP contribution in [0.25, 0.3) is 0 Å². The first-order valence-corrected chi connectivity index (χ1v) is 7.81. The molecule has 0 spiro atoms. The van der Waals surface area contributed by atoms with E-state index in [0.717, 1.165) is 37.4 Å². The summed E-state index contributed by atoms with van der Waals surface area (Å²) < 4.78 is 78.7. The zero-order valence-electron chi connectivity index (χ0n) is 15.3. The molecule has 12 heteroatoms. The van der Waals surface area contributed by atoms with Crippen LogP contribution in [0.5, 0.6) is 0 Å². The summed E-state index contributed by atoms with van der Waals surface area (Å²) in [5, 5.41) is 25.7. The molecule has 162 valence electrons. The fraction of sp³-hybridized carbons (Fsp3) is 0.158. The molecular formula is C19H10F6N2O4. The number of aromatic carboxylic acids is 1. The Labute approximate surface area is 170 Å². The number of esters is 1. The van der Waals surface area contributed by atoms with Gasteiger partial charge in [-0.1, -0.05) is 12.1 Å². The molecule has 0 aliphatic heterocycles. The van der Waals surface area contributed by atoms with Crippen molar-refractivity contribution < 1.29 is 45.8 Å². The Morgan fingerprint density at radius 3 is 1.55 bits per heavy atom. The highest BCUT2D eigenvalue weighted by Crippen LogP contribution is 2.34. The van der Waals surface area contributed by atoms with Crippen molar-refractivity contribution in [3.63, 3.8) is 0 Å². The molecule has 0 saturated heterocycles. The van der Waals surface area contributed by atoms with Gasteiger partial charge in [-0.25, -0.2) is 9.59 Å². The summed E-state index contributed by atoms with van der Waals surface area (Å²) in [7, 11) is 1.03. The van der Waals surface area contributed by atoms with Gasteiger partial charge in [0.25, 0.3) is 0 Å². The van der Waals surface area contributed by atoms with Crippen molar-refractivity contribution in [1.82, 2.24) is 0 Å². The normalized spacial score (nSPS) is 10.7. The predicted octanol–water partition coefficient (Wildman–Crippen LogP) is 4.64. The second-order valence-electron chi connectivity index (χ2n) is 5.47. The van der Waals surface area contributed by atoms with E-state index in [-0.39, 0.29) is 5.56 Å². The van der Waals surface area contributed by atoms with Crippen molar-refractivity contribution in [2.75, 3.05) is 7.11 Å². The van der Waals surface area contributed by atoms with E-state index in [9.17, 15) is 35.9 Å². The largest absolute Gasteiger partial charge is 0.478 e. The number of carbonyl (C=O) groups excluding carboxylic acids is 1. The summed E-state index contributed by atoms with van der Waals surface area (Å²) in [6.45, 7) is 0. The maximum atomic E-state index is 12.5. The standard InChI is InChI=1S/C10H6F3NO2.C9H4F3NO2/c1-16-9(15)6-3-2-4-8(7(6)5-14)10(11,12)13;10-9(11,12)7-3-1-2-5(8(14)15)6(7)4-13/h2-4H,1H3;1-3H,(H,14,15). The maximum absolute atomic E-state index is 12.5. The monoisotopic (exact) mass is 444 g/mol. The molecule has 0 fully saturated rings. The number of carboxylic acids is 1. The molecular weight excluding hydrogens is 434 g/mol. The van der Waals surface area contributed by atoms with Gasteiger partial charge in [0.15, 0.2) is 0 Å². The average molecular weight is 444 g/mol. The smallest absolute Gasteiger partial charge is 0.417 e. The number of nitrogens with zero attached hydrogens (tertiary/aromatic N) is 2. The van der Waals surface area contributed by atoms with Crippen molar-refractivity contribution >= 4 is 11.9 Å². The van der Waals surface area contributed by atoms with E-state index < -0.39 is 52.1 Å². The molecule has 2 rings (SSSR count). The van der Waals surface area contributed by atoms with E-state index in [2.05, 4.69) is 4.74 Å². The fourth-order valence-electron chi connectivity index (χ4n) is 2.28. The molecule has 0 aliphatic carbocycles. The summed E-state index contributed by atoms with van der Waals surface area (Å²) in [6.07, 6.45) is -9.40. The lowest BCUT2D eigenvalue weighted by atomic mass is 10.0. The molecule has 0 amide bonds. The first-order valence-electron chi connectivity index (χ1n) is 7.81. The molecule has 0 bridgehead atoms. The van der Waals surface area contributed by atoms with Crippen LogP contribution in [0.4, 0.5) is 26.3 Å². The number of carboxylic acid groups (broad SMARTS) is 1. The summed E-state index contributed by atoms with van der Waals surface area (Å²) in [4.78, 5) is 21.7. The third-order valence-corrected chi connectivity index (χ3v) is 3.60. The molecule has 0 heterocycles. The topological polar surface area (TPSA) is 111 Å². The first-order chi connectivity index (χ1) is 14.3. The first kappa shape index (κ1) is 25.0. The lowest BCUT2D eigenvalue weighted by Gasteiger charge is -2.10. The Hall–Kier alpha value is -4.06. The van der Waals surface area contributed by atoms with Crippen molar-refractivity contribution in [3.05, 3.63) is 69.8 Å². The lowest BCUT2D eigenvalue weighted by Crippen LogP contribution is -2.12. The fourth-order valence-corrected chi connectivity index (χ4v) is 2.28. The molecule has 1 N–H and O–H groups in total. The predicted molar refractivity (Wildman–Crippen MR) is 90.6 cm³/mol. The Morgan fingerprint density at radius 2 is 1.23 bits per heavy atom. The zero-order chi connectivity index (χ0) is 24.0. The molecule has 0 atom stereocenters. The van der Waals surface area contributed by atoms with Crippen LogP contribution >= 0.6 is 0 Å². The molecule has 6 nitrogen and oxygen atoms in total. The summed E-state index contributed by atoms with van der Waals surface area (Å²) >= 11 is 0. The summed E-state index contributed by atoms with van der Waals surface area (Å²) in [5.41, 5.74) is -4.99. The average Bonchev–Trinajstić information content (AvgIpc) is 2.70. The Balaban J connectivity index is 0.000000311. The SMILES string of the molecule is COC(=O)c1cccc(C(F)(F)F)c1C#N.N#Cc1c(C(=O)O)cccc1C(F)(F)F. The van der Waals surface area contributed by atoms with Gasteiger partial charge < -0.3 is 9.84 Å². The number of hydrogen-bond acceptors (Lipinski definition) is 5. The molecule has 2 aromatic carbocycles. The number of carbonyl (C=O) groups is 2. The van der Waals surface area contributed by atoms with Gasteiger partial charge in [0, 0.05) is 0 Å². The number of nitriles is 2. The van der Waals surface area contributed by atoms with Gasteiger partial charge in [0.2, 0.25) is 0 Å². The van der Waals surface area contributed by atoms with E-state index in [1.807, 2.05) is 0 Å². The highest BCUT2D eigenvalue weighted by atomic mass is 19.4. The number of hydrogen-bond donors (Lipinski definition) is 1. The molecule has 0 radical (unpaired) electrons. The summed E-state index contributed by atoms with van der Waals surface area (Å²) in [6, 6.07) is 8.10. The molecule has 0 saturated carbocycles. The maximum Gasteiger partial charge on any atom is 0.417 e. The number of alkyl halides is 6. The number of benzene rings is 2. The zero-order valence-corrected chi connectivity index (χ0v) is 15.3. The molecule has 31 heavy (non-hydrogen) atoms. The van der Waals surface area contributed by atoms with Crippen LogP contribution in [-0.2, 0) is 17.1 Å². The molecule has 2 aromatic rings. The quantitative estimate of drug-likeness (QED) is 0.534. The van der Waals surface area contributed by atoms with Crippen LogP contribution in [0.15, 0.2) is 36.4 Å². The minimum Gasteiger partial charge on any atom is -0.478 e. The van der Waals surface area contributed by atoms with E-state index in [1.165, 1.54) is 12.1 Å². The Kier molecular flexibility index (Phi) is 7.76. The Morgan fingerprint density at radius 1 is 0.839 bits per heavy atom. The van der Waals surface area contributed by atoms with Gasteiger partial charge in [0.05, 0.1) is 40.5 Å². The van der Waals surface area contributed by atoms with Crippen LogP contribution in [0.1, 0.15) is 43.0 Å². The lowest BCUT2D eigenvalue weighted by molar-refractivity contribution is -0.138. The van der Waals surface area contributed by atoms with Crippen molar-refractivity contribution in [3.8, 4) is 12.1 Å². The van der Waals surface area contributed by atoms with Gasteiger partial charge in [-0.15, -0.1) is 0 Å². The van der Waals surface area contributed by atoms with Crippen molar-refractivity contribution in [2.45, 2.75) is 12.4 Å². The number of methoxy groups -OCH3 is 1. The van der Waals surface area contributed by atoms with Crippen LogP contribution in [0, 0.1) is 22.7 Å². The van der Waals surface area contributed by atoms with E-state index in [0.29, 0.717) is 6.07 Å². The van der Waals surface area contributed by atoms with E-state index in [1.54, 1.807) is 0 Å². The van der Waals surface area contributed by atoms with Gasteiger partial charge in [-0.2, -0.15) is 36.9 Å². The highest BCUT2D eigenvalue weighted by molar-refractivity contribution is 5.92. The number of ether oxygens (including phenoxy) is 1. The number of halogens is 6. The molecule has 0 aromatic heterocycles. The second-order valence-corrected chi connectivity index (χ2v) is 5.47. The molecule has 0 unspecified atom stereocenters. The van der Waals surface area contributed by atoms with Gasteiger partial charge in [0.1, 0.15) is 12.1 Å². The molecule has 0 aliphatic rings. The van der Waals surface area contributed by atoms with Crippen LogP contribution in [0.2, 0.25) is 0 Å². The minimum atomic E-state index is -4.73. The van der Waals surface area contributed by atoms with Crippen molar-refractivity contribution in [2.24, 2.45) is 0 Å². The van der Waals surface area contributed by atoms with E-state index in [4.69, 9.17) is 15.6 Å². The highest BCUT2D eigenvalue weighted by Gasteiger charge is 2.36. The number of rotatable bonds is 2. The van der Waals surface area contributed by atoms with E-state index >= 15 is 0 Å². The minimum absolute atomic E-state index is 0.389. The second kappa shape index (κ2) is 9.63.